The van der Waals surface area contributed by atoms with Gasteiger partial charge in [-0.05, 0) is 23.5 Å². The van der Waals surface area contributed by atoms with E-state index < -0.39 is 6.04 Å². The highest BCUT2D eigenvalue weighted by Gasteiger charge is 2.29. The zero-order valence-electron chi connectivity index (χ0n) is 12.4. The molecule has 4 heteroatoms. The number of hydrogen-bond acceptors (Lipinski definition) is 2. The number of likely N-dealkylation sites (N-methyl/N-ethyl adjacent to an activating group) is 1. The molecule has 0 aromatic heterocycles. The first kappa shape index (κ1) is 17.9. The normalized spacial score (nSPS) is 12.5. The molecule has 1 rings (SSSR count). The van der Waals surface area contributed by atoms with E-state index in [1.807, 2.05) is 39.0 Å². The Balaban J connectivity index is 0.00000324. The Bertz CT molecular complexity index is 426. The molecule has 0 aliphatic carbocycles. The van der Waals surface area contributed by atoms with E-state index in [9.17, 15) is 4.79 Å². The lowest BCUT2D eigenvalue weighted by Crippen LogP contribution is -2.48. The predicted molar refractivity (Wildman–Crippen MR) is 82.3 cm³/mol. The van der Waals surface area contributed by atoms with E-state index in [4.69, 9.17) is 5.73 Å². The number of hydrogen-bond donors (Lipinski definition) is 1. The molecule has 0 spiro atoms. The molecule has 0 aliphatic heterocycles. The van der Waals surface area contributed by atoms with E-state index in [1.54, 1.807) is 11.9 Å². The summed E-state index contributed by atoms with van der Waals surface area (Å²) < 4.78 is 0. The molecule has 0 aliphatic rings. The van der Waals surface area contributed by atoms with Crippen molar-refractivity contribution in [1.82, 2.24) is 4.90 Å². The summed E-state index contributed by atoms with van der Waals surface area (Å²) in [5.74, 6) is -0.00856. The second-order valence-electron chi connectivity index (χ2n) is 5.96. The second-order valence-corrected chi connectivity index (χ2v) is 5.96. The minimum Gasteiger partial charge on any atom is -0.340 e. The maximum Gasteiger partial charge on any atom is 0.240 e. The number of benzene rings is 1. The van der Waals surface area contributed by atoms with E-state index >= 15 is 0 Å². The maximum absolute atomic E-state index is 12.2. The third-order valence-corrected chi connectivity index (χ3v) is 3.24. The minimum atomic E-state index is -0.466. The Morgan fingerprint density at radius 1 is 1.32 bits per heavy atom. The van der Waals surface area contributed by atoms with Gasteiger partial charge in [0.15, 0.2) is 0 Å². The zero-order chi connectivity index (χ0) is 13.9. The fraction of sp³-hybridized carbons (Fsp3) is 0.533. The second kappa shape index (κ2) is 6.92. The first-order valence-corrected chi connectivity index (χ1v) is 6.28. The van der Waals surface area contributed by atoms with Crippen LogP contribution in [0.4, 0.5) is 0 Å². The highest BCUT2D eigenvalue weighted by atomic mass is 35.5. The Hall–Kier alpha value is -1.06. The van der Waals surface area contributed by atoms with Crippen LogP contribution in [0.5, 0.6) is 0 Å². The summed E-state index contributed by atoms with van der Waals surface area (Å²) in [4.78, 5) is 13.9. The van der Waals surface area contributed by atoms with Crippen molar-refractivity contribution in [3.63, 3.8) is 0 Å². The third kappa shape index (κ3) is 4.84. The van der Waals surface area contributed by atoms with Crippen LogP contribution in [0.1, 0.15) is 31.9 Å². The van der Waals surface area contributed by atoms with Crippen LogP contribution in [0.15, 0.2) is 24.3 Å². The van der Waals surface area contributed by atoms with Gasteiger partial charge in [-0.2, -0.15) is 0 Å². The fourth-order valence-electron chi connectivity index (χ4n) is 1.73. The number of nitrogens with two attached hydrogens (primary N) is 1. The first-order valence-electron chi connectivity index (χ1n) is 6.28. The van der Waals surface area contributed by atoms with Gasteiger partial charge in [0, 0.05) is 13.6 Å². The van der Waals surface area contributed by atoms with Crippen LogP contribution in [0.2, 0.25) is 0 Å². The topological polar surface area (TPSA) is 46.3 Å². The van der Waals surface area contributed by atoms with Gasteiger partial charge in [0.1, 0.15) is 0 Å². The number of amides is 1. The number of rotatable bonds is 3. The van der Waals surface area contributed by atoms with Crippen molar-refractivity contribution >= 4 is 18.3 Å². The average Bonchev–Trinajstić information content (AvgIpc) is 2.29. The van der Waals surface area contributed by atoms with Crippen LogP contribution in [0.25, 0.3) is 0 Å². The summed E-state index contributed by atoms with van der Waals surface area (Å²) in [7, 11) is 1.81. The molecule has 0 heterocycles. The molecule has 0 bridgehead atoms. The number of carbonyl (C=O) groups excluding carboxylic acids is 1. The van der Waals surface area contributed by atoms with Crippen molar-refractivity contribution < 1.29 is 4.79 Å². The molecular formula is C15H25ClN2O. The monoisotopic (exact) mass is 284 g/mol. The van der Waals surface area contributed by atoms with E-state index in [0.717, 1.165) is 5.56 Å². The number of carbonyl (C=O) groups is 1. The molecule has 1 atom stereocenters. The lowest BCUT2D eigenvalue weighted by atomic mass is 9.86. The van der Waals surface area contributed by atoms with Crippen molar-refractivity contribution in [2.24, 2.45) is 11.1 Å². The van der Waals surface area contributed by atoms with E-state index in [1.165, 1.54) is 5.56 Å². The predicted octanol–water partition coefficient (Wildman–Crippen LogP) is 2.75. The molecule has 0 unspecified atom stereocenters. The van der Waals surface area contributed by atoms with Crippen LogP contribution in [-0.4, -0.2) is 23.9 Å². The van der Waals surface area contributed by atoms with E-state index in [-0.39, 0.29) is 23.7 Å². The smallest absolute Gasteiger partial charge is 0.240 e. The van der Waals surface area contributed by atoms with Gasteiger partial charge >= 0.3 is 0 Å². The van der Waals surface area contributed by atoms with Crippen molar-refractivity contribution in [2.75, 3.05) is 7.05 Å². The summed E-state index contributed by atoms with van der Waals surface area (Å²) in [6.07, 6.45) is 0. The summed E-state index contributed by atoms with van der Waals surface area (Å²) in [5.41, 5.74) is 8.14. The molecule has 1 aromatic carbocycles. The molecule has 0 saturated heterocycles. The molecule has 0 fully saturated rings. The quantitative estimate of drug-likeness (QED) is 0.928. The van der Waals surface area contributed by atoms with E-state index in [2.05, 4.69) is 13.0 Å². The van der Waals surface area contributed by atoms with Gasteiger partial charge in [-0.15, -0.1) is 12.4 Å². The van der Waals surface area contributed by atoms with Crippen LogP contribution < -0.4 is 5.73 Å². The molecule has 1 amide bonds. The fourth-order valence-corrected chi connectivity index (χ4v) is 1.73. The molecule has 1 aromatic rings. The standard InChI is InChI=1S/C15H24N2O.ClH/c1-11-8-6-7-9-12(11)10-17(5)14(18)13(16)15(2,3)4;/h6-9,13H,10,16H2,1-5H3;1H/t13-;/m1./s1. The molecule has 2 N–H and O–H groups in total. The molecule has 3 nitrogen and oxygen atoms in total. The van der Waals surface area contributed by atoms with Crippen LogP contribution in [0.3, 0.4) is 0 Å². The first-order chi connectivity index (χ1) is 8.23. The van der Waals surface area contributed by atoms with Gasteiger partial charge in [0.05, 0.1) is 6.04 Å². The number of halogens is 1. The van der Waals surface area contributed by atoms with Gasteiger partial charge in [-0.25, -0.2) is 0 Å². The summed E-state index contributed by atoms with van der Waals surface area (Å²) in [6.45, 7) is 8.61. The molecule has 108 valence electrons. The van der Waals surface area contributed by atoms with Crippen molar-refractivity contribution in [3.05, 3.63) is 35.4 Å². The highest BCUT2D eigenvalue weighted by Crippen LogP contribution is 2.19. The number of nitrogens with zero attached hydrogens (tertiary/aromatic N) is 1. The summed E-state index contributed by atoms with van der Waals surface area (Å²) in [5, 5.41) is 0. The average molecular weight is 285 g/mol. The molecule has 0 radical (unpaired) electrons. The Kier molecular flexibility index (Phi) is 6.53. The van der Waals surface area contributed by atoms with Gasteiger partial charge in [0.2, 0.25) is 5.91 Å². The van der Waals surface area contributed by atoms with E-state index in [0.29, 0.717) is 6.54 Å². The van der Waals surface area contributed by atoms with Gasteiger partial charge < -0.3 is 10.6 Å². The minimum absolute atomic E-state index is 0. The summed E-state index contributed by atoms with van der Waals surface area (Å²) in [6, 6.07) is 7.62. The maximum atomic E-state index is 12.2. The van der Waals surface area contributed by atoms with Crippen LogP contribution >= 0.6 is 12.4 Å². The molecule has 0 saturated carbocycles. The highest BCUT2D eigenvalue weighted by molar-refractivity contribution is 5.85. The van der Waals surface area contributed by atoms with Crippen molar-refractivity contribution in [2.45, 2.75) is 40.3 Å². The van der Waals surface area contributed by atoms with Crippen molar-refractivity contribution in [3.8, 4) is 0 Å². The summed E-state index contributed by atoms with van der Waals surface area (Å²) >= 11 is 0. The lowest BCUT2D eigenvalue weighted by molar-refractivity contribution is -0.134. The lowest BCUT2D eigenvalue weighted by Gasteiger charge is -2.30. The Morgan fingerprint density at radius 2 is 1.84 bits per heavy atom. The number of aryl methyl sites for hydroxylation is 1. The van der Waals surface area contributed by atoms with Gasteiger partial charge in [-0.1, -0.05) is 45.0 Å². The zero-order valence-corrected chi connectivity index (χ0v) is 13.3. The van der Waals surface area contributed by atoms with Gasteiger partial charge in [-0.3, -0.25) is 4.79 Å². The molecular weight excluding hydrogens is 260 g/mol. The van der Waals surface area contributed by atoms with Crippen LogP contribution in [-0.2, 0) is 11.3 Å². The third-order valence-electron chi connectivity index (χ3n) is 3.24. The van der Waals surface area contributed by atoms with Crippen LogP contribution in [0, 0.1) is 12.3 Å². The Morgan fingerprint density at radius 3 is 2.32 bits per heavy atom. The molecule has 19 heavy (non-hydrogen) atoms. The van der Waals surface area contributed by atoms with Crippen molar-refractivity contribution in [1.29, 1.82) is 0 Å². The SMILES string of the molecule is Cc1ccccc1CN(C)C(=O)[C@@H](N)C(C)(C)C.Cl. The Labute approximate surface area is 122 Å². The largest absolute Gasteiger partial charge is 0.340 e. The van der Waals surface area contributed by atoms with Gasteiger partial charge in [0.25, 0.3) is 0 Å².